The zero-order valence-electron chi connectivity index (χ0n) is 14.3. The molecular formula is C18H22N2O5. The Balaban J connectivity index is 1.86. The standard InChI is InChI=1S/C18H22N2O5/c1-24-15-7-6-13(9-16(15)25-2)10-17(22)19-11-14(21)12-20-8-4-3-5-18(20)23/h3-9,14,21H,10-12H2,1-2H3,(H,19,22). The number of nitrogens with one attached hydrogen (secondary N) is 1. The van der Waals surface area contributed by atoms with Gasteiger partial charge in [-0.2, -0.15) is 0 Å². The van der Waals surface area contributed by atoms with E-state index in [0.29, 0.717) is 11.5 Å². The van der Waals surface area contributed by atoms with Gasteiger partial charge in [0.25, 0.3) is 5.56 Å². The van der Waals surface area contributed by atoms with Crippen molar-refractivity contribution in [3.8, 4) is 11.5 Å². The summed E-state index contributed by atoms with van der Waals surface area (Å²) in [6.45, 7) is 0.184. The molecule has 0 saturated carbocycles. The summed E-state index contributed by atoms with van der Waals surface area (Å²) >= 11 is 0. The smallest absolute Gasteiger partial charge is 0.250 e. The number of aromatic nitrogens is 1. The maximum Gasteiger partial charge on any atom is 0.250 e. The summed E-state index contributed by atoms with van der Waals surface area (Å²) in [5, 5.41) is 12.6. The SMILES string of the molecule is COc1ccc(CC(=O)NCC(O)Cn2ccccc2=O)cc1OC. The fraction of sp³-hybridized carbons (Fsp3) is 0.333. The minimum atomic E-state index is -0.852. The van der Waals surface area contributed by atoms with Gasteiger partial charge in [0.05, 0.1) is 33.3 Å². The maximum atomic E-state index is 12.0. The van der Waals surface area contributed by atoms with E-state index in [1.165, 1.54) is 17.7 Å². The van der Waals surface area contributed by atoms with Crippen molar-refractivity contribution in [2.75, 3.05) is 20.8 Å². The van der Waals surface area contributed by atoms with Crippen molar-refractivity contribution in [3.05, 3.63) is 58.5 Å². The van der Waals surface area contributed by atoms with Gasteiger partial charge in [-0.05, 0) is 23.8 Å². The third-order valence-electron chi connectivity index (χ3n) is 3.65. The van der Waals surface area contributed by atoms with Crippen molar-refractivity contribution in [2.24, 2.45) is 0 Å². The second-order valence-corrected chi connectivity index (χ2v) is 5.52. The van der Waals surface area contributed by atoms with Crippen molar-refractivity contribution in [2.45, 2.75) is 19.1 Å². The van der Waals surface area contributed by atoms with E-state index < -0.39 is 6.10 Å². The molecule has 0 aliphatic carbocycles. The molecule has 1 aromatic heterocycles. The number of hydrogen-bond donors (Lipinski definition) is 2. The van der Waals surface area contributed by atoms with Gasteiger partial charge < -0.3 is 24.5 Å². The van der Waals surface area contributed by atoms with Crippen molar-refractivity contribution < 1.29 is 19.4 Å². The molecule has 1 aromatic carbocycles. The van der Waals surface area contributed by atoms with Gasteiger partial charge in [-0.3, -0.25) is 9.59 Å². The fourth-order valence-electron chi connectivity index (χ4n) is 2.37. The predicted octanol–water partition coefficient (Wildman–Crippen LogP) is 0.585. The van der Waals surface area contributed by atoms with Crippen LogP contribution in [0.2, 0.25) is 0 Å². The first kappa shape index (κ1) is 18.5. The number of ether oxygens (including phenoxy) is 2. The predicted molar refractivity (Wildman–Crippen MR) is 93.0 cm³/mol. The second kappa shape index (κ2) is 8.89. The average Bonchev–Trinajstić information content (AvgIpc) is 2.62. The lowest BCUT2D eigenvalue weighted by molar-refractivity contribution is -0.120. The van der Waals surface area contributed by atoms with Gasteiger partial charge in [0.1, 0.15) is 0 Å². The molecular weight excluding hydrogens is 324 g/mol. The van der Waals surface area contributed by atoms with Gasteiger partial charge in [-0.25, -0.2) is 0 Å². The van der Waals surface area contributed by atoms with E-state index in [9.17, 15) is 14.7 Å². The molecule has 0 aliphatic heterocycles. The number of aliphatic hydroxyl groups excluding tert-OH is 1. The summed E-state index contributed by atoms with van der Waals surface area (Å²) in [6.07, 6.45) is 0.893. The number of nitrogens with zero attached hydrogens (tertiary/aromatic N) is 1. The Morgan fingerprint density at radius 1 is 1.20 bits per heavy atom. The molecule has 1 unspecified atom stereocenters. The van der Waals surface area contributed by atoms with Gasteiger partial charge >= 0.3 is 0 Å². The van der Waals surface area contributed by atoms with Crippen LogP contribution in [0.15, 0.2) is 47.4 Å². The molecule has 25 heavy (non-hydrogen) atoms. The molecule has 2 rings (SSSR count). The van der Waals surface area contributed by atoms with Crippen LogP contribution >= 0.6 is 0 Å². The van der Waals surface area contributed by atoms with Crippen molar-refractivity contribution in [1.29, 1.82) is 0 Å². The zero-order chi connectivity index (χ0) is 18.2. The average molecular weight is 346 g/mol. The number of pyridine rings is 1. The highest BCUT2D eigenvalue weighted by molar-refractivity contribution is 5.78. The Labute approximate surface area is 145 Å². The first-order valence-corrected chi connectivity index (χ1v) is 7.84. The van der Waals surface area contributed by atoms with Crippen LogP contribution in [0.3, 0.4) is 0 Å². The van der Waals surface area contributed by atoms with Crippen LogP contribution in [-0.2, 0) is 17.8 Å². The monoisotopic (exact) mass is 346 g/mol. The summed E-state index contributed by atoms with van der Waals surface area (Å²) in [5.74, 6) is 0.915. The van der Waals surface area contributed by atoms with Crippen LogP contribution in [0, 0.1) is 0 Å². The van der Waals surface area contributed by atoms with Gasteiger partial charge in [0.15, 0.2) is 11.5 Å². The lowest BCUT2D eigenvalue weighted by Gasteiger charge is -2.14. The normalized spacial score (nSPS) is 11.6. The molecule has 2 N–H and O–H groups in total. The number of rotatable bonds is 8. The lowest BCUT2D eigenvalue weighted by atomic mass is 10.1. The van der Waals surface area contributed by atoms with E-state index in [1.807, 2.05) is 0 Å². The topological polar surface area (TPSA) is 89.8 Å². The quantitative estimate of drug-likeness (QED) is 0.730. The Morgan fingerprint density at radius 3 is 2.64 bits per heavy atom. The van der Waals surface area contributed by atoms with E-state index in [2.05, 4.69) is 5.32 Å². The first-order chi connectivity index (χ1) is 12.0. The van der Waals surface area contributed by atoms with Gasteiger partial charge in [0, 0.05) is 18.8 Å². The summed E-state index contributed by atoms with van der Waals surface area (Å²) in [7, 11) is 3.08. The maximum absolute atomic E-state index is 12.0. The molecule has 0 spiro atoms. The highest BCUT2D eigenvalue weighted by Crippen LogP contribution is 2.27. The van der Waals surface area contributed by atoms with Crippen LogP contribution in [0.1, 0.15) is 5.56 Å². The number of benzene rings is 1. The van der Waals surface area contributed by atoms with Crippen LogP contribution in [0.25, 0.3) is 0 Å². The number of carbonyl (C=O) groups is 1. The van der Waals surface area contributed by atoms with E-state index in [1.54, 1.807) is 43.6 Å². The van der Waals surface area contributed by atoms with E-state index in [-0.39, 0.29) is 31.0 Å². The molecule has 7 heteroatoms. The summed E-state index contributed by atoms with van der Waals surface area (Å²) < 4.78 is 11.8. The minimum absolute atomic E-state index is 0.0630. The molecule has 1 heterocycles. The number of carbonyl (C=O) groups excluding carboxylic acids is 1. The molecule has 0 aliphatic rings. The highest BCUT2D eigenvalue weighted by Gasteiger charge is 2.11. The third kappa shape index (κ3) is 5.36. The highest BCUT2D eigenvalue weighted by atomic mass is 16.5. The second-order valence-electron chi connectivity index (χ2n) is 5.52. The van der Waals surface area contributed by atoms with Gasteiger partial charge in [0.2, 0.25) is 5.91 Å². The molecule has 7 nitrogen and oxygen atoms in total. The lowest BCUT2D eigenvalue weighted by Crippen LogP contribution is -2.37. The van der Waals surface area contributed by atoms with Crippen LogP contribution in [-0.4, -0.2) is 42.4 Å². The van der Waals surface area contributed by atoms with E-state index in [4.69, 9.17) is 9.47 Å². The molecule has 134 valence electrons. The molecule has 0 fully saturated rings. The summed E-state index contributed by atoms with van der Waals surface area (Å²) in [4.78, 5) is 23.6. The summed E-state index contributed by atoms with van der Waals surface area (Å²) in [5.41, 5.74) is 0.571. The number of amides is 1. The number of aliphatic hydroxyl groups is 1. The van der Waals surface area contributed by atoms with Crippen molar-refractivity contribution >= 4 is 5.91 Å². The zero-order valence-corrected chi connectivity index (χ0v) is 14.3. The largest absolute Gasteiger partial charge is 0.493 e. The molecule has 0 saturated heterocycles. The van der Waals surface area contributed by atoms with Gasteiger partial charge in [-0.15, -0.1) is 0 Å². The van der Waals surface area contributed by atoms with Gasteiger partial charge in [-0.1, -0.05) is 12.1 Å². The summed E-state index contributed by atoms with van der Waals surface area (Å²) in [6, 6.07) is 10.0. The Kier molecular flexibility index (Phi) is 6.59. The van der Waals surface area contributed by atoms with Crippen molar-refractivity contribution in [3.63, 3.8) is 0 Å². The Bertz CT molecular complexity index is 772. The molecule has 0 radical (unpaired) electrons. The Morgan fingerprint density at radius 2 is 1.96 bits per heavy atom. The van der Waals surface area contributed by atoms with Crippen LogP contribution in [0.5, 0.6) is 11.5 Å². The minimum Gasteiger partial charge on any atom is -0.493 e. The third-order valence-corrected chi connectivity index (χ3v) is 3.65. The molecule has 1 atom stereocenters. The van der Waals surface area contributed by atoms with Crippen LogP contribution in [0.4, 0.5) is 0 Å². The number of methoxy groups -OCH3 is 2. The fourth-order valence-corrected chi connectivity index (χ4v) is 2.37. The number of hydrogen-bond acceptors (Lipinski definition) is 5. The van der Waals surface area contributed by atoms with Crippen LogP contribution < -0.4 is 20.3 Å². The first-order valence-electron chi connectivity index (χ1n) is 7.84. The molecule has 0 bridgehead atoms. The van der Waals surface area contributed by atoms with E-state index >= 15 is 0 Å². The molecule has 2 aromatic rings. The Hall–Kier alpha value is -2.80. The van der Waals surface area contributed by atoms with Crippen molar-refractivity contribution in [1.82, 2.24) is 9.88 Å². The molecule has 1 amide bonds. The van der Waals surface area contributed by atoms with E-state index in [0.717, 1.165) is 5.56 Å².